The van der Waals surface area contributed by atoms with Gasteiger partial charge in [0.25, 0.3) is 0 Å². The van der Waals surface area contributed by atoms with Crippen LogP contribution in [-0.2, 0) is 21.2 Å². The number of aliphatic carboxylic acids is 1. The predicted octanol–water partition coefficient (Wildman–Crippen LogP) is 0.920. The molecule has 1 aromatic rings. The summed E-state index contributed by atoms with van der Waals surface area (Å²) in [6.45, 7) is 3.10. The number of thiazole rings is 1. The SMILES string of the molecule is CC(C)S(=O)(=O)Nc1nc(CC(=O)O)cs1. The molecule has 6 nitrogen and oxygen atoms in total. The number of nitrogens with zero attached hydrogens (tertiary/aromatic N) is 1. The van der Waals surface area contributed by atoms with Crippen molar-refractivity contribution in [3.8, 4) is 0 Å². The first kappa shape index (κ1) is 12.9. The second-order valence-electron chi connectivity index (χ2n) is 3.41. The Bertz CT molecular complexity index is 478. The Morgan fingerprint density at radius 2 is 2.25 bits per heavy atom. The summed E-state index contributed by atoms with van der Waals surface area (Å²) in [7, 11) is -3.42. The summed E-state index contributed by atoms with van der Waals surface area (Å²) >= 11 is 1.07. The van der Waals surface area contributed by atoms with Gasteiger partial charge in [-0.3, -0.25) is 9.52 Å². The normalized spacial score (nSPS) is 11.7. The first-order valence-electron chi connectivity index (χ1n) is 4.49. The summed E-state index contributed by atoms with van der Waals surface area (Å²) in [5.41, 5.74) is 0.346. The number of carboxylic acids is 1. The van der Waals surface area contributed by atoms with Crippen LogP contribution in [0.2, 0.25) is 0 Å². The third-order valence-electron chi connectivity index (χ3n) is 1.73. The minimum Gasteiger partial charge on any atom is -0.481 e. The predicted molar refractivity (Wildman–Crippen MR) is 61.1 cm³/mol. The highest BCUT2D eigenvalue weighted by atomic mass is 32.2. The summed E-state index contributed by atoms with van der Waals surface area (Å²) in [4.78, 5) is 14.3. The number of aromatic nitrogens is 1. The van der Waals surface area contributed by atoms with Crippen molar-refractivity contribution in [3.63, 3.8) is 0 Å². The van der Waals surface area contributed by atoms with Crippen LogP contribution >= 0.6 is 11.3 Å². The lowest BCUT2D eigenvalue weighted by molar-refractivity contribution is -0.136. The number of nitrogens with one attached hydrogen (secondary N) is 1. The molecule has 0 unspecified atom stereocenters. The van der Waals surface area contributed by atoms with Crippen LogP contribution in [0.5, 0.6) is 0 Å². The van der Waals surface area contributed by atoms with Crippen molar-refractivity contribution >= 4 is 32.5 Å². The van der Waals surface area contributed by atoms with Crippen LogP contribution < -0.4 is 4.72 Å². The monoisotopic (exact) mass is 264 g/mol. The lowest BCUT2D eigenvalue weighted by Crippen LogP contribution is -2.22. The van der Waals surface area contributed by atoms with E-state index in [2.05, 4.69) is 9.71 Å². The molecule has 16 heavy (non-hydrogen) atoms. The van der Waals surface area contributed by atoms with Crippen LogP contribution in [0.15, 0.2) is 5.38 Å². The molecule has 0 bridgehead atoms. The Kier molecular flexibility index (Phi) is 3.87. The van der Waals surface area contributed by atoms with Crippen molar-refractivity contribution in [1.29, 1.82) is 0 Å². The summed E-state index contributed by atoms with van der Waals surface area (Å²) in [6, 6.07) is 0. The molecule has 0 aliphatic rings. The summed E-state index contributed by atoms with van der Waals surface area (Å²) in [6.07, 6.45) is -0.208. The van der Waals surface area contributed by atoms with E-state index in [1.807, 2.05) is 0 Å². The maximum Gasteiger partial charge on any atom is 0.309 e. The van der Waals surface area contributed by atoms with Crippen molar-refractivity contribution in [2.24, 2.45) is 0 Å². The summed E-state index contributed by atoms with van der Waals surface area (Å²) < 4.78 is 25.2. The molecule has 0 saturated heterocycles. The zero-order valence-corrected chi connectivity index (χ0v) is 10.4. The van der Waals surface area contributed by atoms with Crippen molar-refractivity contribution in [2.45, 2.75) is 25.5 Å². The molecule has 8 heteroatoms. The molecule has 2 N–H and O–H groups in total. The number of hydrogen-bond donors (Lipinski definition) is 2. The van der Waals surface area contributed by atoms with Crippen molar-refractivity contribution < 1.29 is 18.3 Å². The number of rotatable bonds is 5. The topological polar surface area (TPSA) is 96.4 Å². The molecule has 0 spiro atoms. The first-order chi connectivity index (χ1) is 7.31. The van der Waals surface area contributed by atoms with Crippen LogP contribution in [0, 0.1) is 0 Å². The maximum absolute atomic E-state index is 11.5. The lowest BCUT2D eigenvalue weighted by Gasteiger charge is -2.07. The number of carboxylic acid groups (broad SMARTS) is 1. The molecular weight excluding hydrogens is 252 g/mol. The van der Waals surface area contributed by atoms with Crippen molar-refractivity contribution in [2.75, 3.05) is 4.72 Å². The molecule has 0 atom stereocenters. The van der Waals surface area contributed by atoms with Crippen molar-refractivity contribution in [1.82, 2.24) is 4.98 Å². The summed E-state index contributed by atoms with van der Waals surface area (Å²) in [5, 5.41) is 9.69. The van der Waals surface area contributed by atoms with Gasteiger partial charge in [-0.05, 0) is 13.8 Å². The molecule has 0 saturated carbocycles. The number of hydrogen-bond acceptors (Lipinski definition) is 5. The molecule has 0 aliphatic heterocycles. The van der Waals surface area contributed by atoms with Gasteiger partial charge >= 0.3 is 5.97 Å². The fourth-order valence-electron chi connectivity index (χ4n) is 0.830. The first-order valence-corrected chi connectivity index (χ1v) is 6.91. The van der Waals surface area contributed by atoms with E-state index in [4.69, 9.17) is 5.11 Å². The molecule has 1 aromatic heterocycles. The molecule has 0 amide bonds. The van der Waals surface area contributed by atoms with Gasteiger partial charge in [-0.25, -0.2) is 13.4 Å². The van der Waals surface area contributed by atoms with Gasteiger partial charge in [-0.1, -0.05) is 0 Å². The Labute approximate surface area is 97.4 Å². The highest BCUT2D eigenvalue weighted by Gasteiger charge is 2.17. The van der Waals surface area contributed by atoms with Crippen LogP contribution in [0.1, 0.15) is 19.5 Å². The minimum absolute atomic E-state index is 0.199. The van der Waals surface area contributed by atoms with Gasteiger partial charge in [0, 0.05) is 5.38 Å². The third kappa shape index (κ3) is 3.46. The van der Waals surface area contributed by atoms with Gasteiger partial charge in [-0.15, -0.1) is 11.3 Å². The maximum atomic E-state index is 11.5. The smallest absolute Gasteiger partial charge is 0.309 e. The largest absolute Gasteiger partial charge is 0.481 e. The van der Waals surface area contributed by atoms with Crippen molar-refractivity contribution in [3.05, 3.63) is 11.1 Å². The van der Waals surface area contributed by atoms with Gasteiger partial charge < -0.3 is 5.11 Å². The molecule has 0 aliphatic carbocycles. The van der Waals surface area contributed by atoms with E-state index >= 15 is 0 Å². The van der Waals surface area contributed by atoms with E-state index in [9.17, 15) is 13.2 Å². The Balaban J connectivity index is 2.77. The van der Waals surface area contributed by atoms with Crippen LogP contribution in [0.25, 0.3) is 0 Å². The minimum atomic E-state index is -3.42. The zero-order valence-electron chi connectivity index (χ0n) is 8.80. The van der Waals surface area contributed by atoms with Crippen LogP contribution in [0.4, 0.5) is 5.13 Å². The lowest BCUT2D eigenvalue weighted by atomic mass is 10.3. The Hall–Kier alpha value is -1.15. The quantitative estimate of drug-likeness (QED) is 0.824. The number of carbonyl (C=O) groups is 1. The average molecular weight is 264 g/mol. The Morgan fingerprint density at radius 1 is 1.62 bits per heavy atom. The Morgan fingerprint density at radius 3 is 2.75 bits per heavy atom. The van der Waals surface area contributed by atoms with E-state index in [1.54, 1.807) is 13.8 Å². The highest BCUT2D eigenvalue weighted by Crippen LogP contribution is 2.18. The van der Waals surface area contributed by atoms with Crippen LogP contribution in [-0.4, -0.2) is 29.7 Å². The van der Waals surface area contributed by atoms with E-state index in [-0.39, 0.29) is 11.6 Å². The van der Waals surface area contributed by atoms with Gasteiger partial charge in [0.05, 0.1) is 17.4 Å². The van der Waals surface area contributed by atoms with Crippen LogP contribution in [0.3, 0.4) is 0 Å². The number of sulfonamides is 1. The second-order valence-corrected chi connectivity index (χ2v) is 6.51. The highest BCUT2D eigenvalue weighted by molar-refractivity contribution is 7.93. The molecule has 0 radical (unpaired) electrons. The van der Waals surface area contributed by atoms with Gasteiger partial charge in [0.2, 0.25) is 10.0 Å². The standard InChI is InChI=1S/C8H12N2O4S2/c1-5(2)16(13,14)10-8-9-6(4-15-8)3-7(11)12/h4-5H,3H2,1-2H3,(H,9,10)(H,11,12). The molecule has 90 valence electrons. The van der Waals surface area contributed by atoms with E-state index in [0.717, 1.165) is 11.3 Å². The molecule has 0 fully saturated rings. The van der Waals surface area contributed by atoms with E-state index < -0.39 is 21.2 Å². The molecular formula is C8H12N2O4S2. The zero-order chi connectivity index (χ0) is 12.3. The molecule has 0 aromatic carbocycles. The average Bonchev–Trinajstić information content (AvgIpc) is 2.50. The number of anilines is 1. The fraction of sp³-hybridized carbons (Fsp3) is 0.500. The van der Waals surface area contributed by atoms with E-state index in [1.165, 1.54) is 5.38 Å². The summed E-state index contributed by atoms with van der Waals surface area (Å²) in [5.74, 6) is -0.997. The second kappa shape index (κ2) is 4.79. The fourth-order valence-corrected chi connectivity index (χ4v) is 2.45. The van der Waals surface area contributed by atoms with E-state index in [0.29, 0.717) is 5.69 Å². The third-order valence-corrected chi connectivity index (χ3v) is 4.39. The van der Waals surface area contributed by atoms with Gasteiger partial charge in [-0.2, -0.15) is 0 Å². The molecule has 1 heterocycles. The van der Waals surface area contributed by atoms with Gasteiger partial charge in [0.15, 0.2) is 5.13 Å². The molecule has 1 rings (SSSR count). The van der Waals surface area contributed by atoms with Gasteiger partial charge in [0.1, 0.15) is 0 Å².